The monoisotopic (exact) mass is 171 g/mol. The largest absolute Gasteiger partial charge is 0.480 e. The van der Waals surface area contributed by atoms with Crippen LogP contribution < -0.4 is 0 Å². The number of hydrogen-bond donors (Lipinski definition) is 1. The van der Waals surface area contributed by atoms with E-state index in [1.807, 2.05) is 4.90 Å². The van der Waals surface area contributed by atoms with Crippen molar-refractivity contribution in [1.29, 1.82) is 0 Å². The van der Waals surface area contributed by atoms with E-state index in [1.165, 1.54) is 0 Å². The second kappa shape index (κ2) is 3.05. The Morgan fingerprint density at radius 3 is 2.33 bits per heavy atom. The summed E-state index contributed by atoms with van der Waals surface area (Å²) in [7, 11) is 0. The molecule has 70 valence electrons. The number of aliphatic carboxylic acids is 1. The smallest absolute Gasteiger partial charge is 0.317 e. The second-order valence-corrected chi connectivity index (χ2v) is 4.65. The molecule has 12 heavy (non-hydrogen) atoms. The summed E-state index contributed by atoms with van der Waals surface area (Å²) in [5.41, 5.74) is 0.328. The Morgan fingerprint density at radius 1 is 1.50 bits per heavy atom. The van der Waals surface area contributed by atoms with Crippen LogP contribution in [0.5, 0.6) is 0 Å². The zero-order valence-electron chi connectivity index (χ0n) is 8.00. The molecule has 1 fully saturated rings. The average molecular weight is 171 g/mol. The molecule has 0 aromatic rings. The van der Waals surface area contributed by atoms with E-state index in [1.54, 1.807) is 0 Å². The van der Waals surface area contributed by atoms with Crippen molar-refractivity contribution in [3.8, 4) is 0 Å². The van der Waals surface area contributed by atoms with Crippen molar-refractivity contribution in [2.24, 2.45) is 11.3 Å². The van der Waals surface area contributed by atoms with Crippen LogP contribution in [0.25, 0.3) is 0 Å². The fourth-order valence-corrected chi connectivity index (χ4v) is 1.44. The van der Waals surface area contributed by atoms with E-state index in [0.29, 0.717) is 11.3 Å². The van der Waals surface area contributed by atoms with Gasteiger partial charge in [0.15, 0.2) is 0 Å². The van der Waals surface area contributed by atoms with Crippen molar-refractivity contribution >= 4 is 5.97 Å². The summed E-state index contributed by atoms with van der Waals surface area (Å²) in [5, 5.41) is 8.50. The van der Waals surface area contributed by atoms with Gasteiger partial charge in [0.25, 0.3) is 0 Å². The van der Waals surface area contributed by atoms with Gasteiger partial charge in [0, 0.05) is 13.1 Å². The van der Waals surface area contributed by atoms with Gasteiger partial charge in [-0.15, -0.1) is 0 Å². The van der Waals surface area contributed by atoms with Crippen molar-refractivity contribution in [2.75, 3.05) is 19.6 Å². The van der Waals surface area contributed by atoms with Gasteiger partial charge in [0.2, 0.25) is 0 Å². The Labute approximate surface area is 73.4 Å². The van der Waals surface area contributed by atoms with Crippen LogP contribution in [0.4, 0.5) is 0 Å². The molecule has 3 heteroatoms. The maximum Gasteiger partial charge on any atom is 0.317 e. The summed E-state index contributed by atoms with van der Waals surface area (Å²) in [6.07, 6.45) is 0. The zero-order valence-corrected chi connectivity index (χ0v) is 8.00. The Balaban J connectivity index is 2.25. The van der Waals surface area contributed by atoms with E-state index >= 15 is 0 Å². The Bertz CT molecular complexity index is 177. The predicted molar refractivity (Wildman–Crippen MR) is 47.0 cm³/mol. The molecule has 0 unspecified atom stereocenters. The molecule has 0 saturated carbocycles. The zero-order chi connectivity index (χ0) is 9.35. The van der Waals surface area contributed by atoms with E-state index in [0.717, 1.165) is 13.1 Å². The number of likely N-dealkylation sites (tertiary alicyclic amines) is 1. The van der Waals surface area contributed by atoms with E-state index < -0.39 is 5.97 Å². The van der Waals surface area contributed by atoms with Gasteiger partial charge in [-0.3, -0.25) is 9.69 Å². The van der Waals surface area contributed by atoms with E-state index in [4.69, 9.17) is 5.11 Å². The molecular formula is C9H17NO2. The van der Waals surface area contributed by atoms with Gasteiger partial charge in [-0.05, 0) is 11.3 Å². The van der Waals surface area contributed by atoms with Crippen molar-refractivity contribution in [2.45, 2.75) is 20.8 Å². The van der Waals surface area contributed by atoms with Gasteiger partial charge in [0.1, 0.15) is 0 Å². The number of nitrogens with zero attached hydrogens (tertiary/aromatic N) is 1. The number of carbonyl (C=O) groups is 1. The third-order valence-corrected chi connectivity index (χ3v) is 2.54. The average Bonchev–Trinajstić information content (AvgIpc) is 1.73. The third-order valence-electron chi connectivity index (χ3n) is 2.54. The fraction of sp³-hybridized carbons (Fsp3) is 0.889. The Hall–Kier alpha value is -0.570. The molecule has 0 aliphatic carbocycles. The maximum atomic E-state index is 10.3. The van der Waals surface area contributed by atoms with E-state index in [-0.39, 0.29) is 6.54 Å². The Morgan fingerprint density at radius 2 is 2.00 bits per heavy atom. The van der Waals surface area contributed by atoms with Gasteiger partial charge in [-0.25, -0.2) is 0 Å². The first-order valence-corrected chi connectivity index (χ1v) is 4.34. The lowest BCUT2D eigenvalue weighted by Crippen LogP contribution is -2.53. The van der Waals surface area contributed by atoms with E-state index in [2.05, 4.69) is 20.8 Å². The lowest BCUT2D eigenvalue weighted by Gasteiger charge is -2.45. The van der Waals surface area contributed by atoms with Gasteiger partial charge in [-0.2, -0.15) is 0 Å². The van der Waals surface area contributed by atoms with Crippen LogP contribution in [0, 0.1) is 11.3 Å². The minimum absolute atomic E-state index is 0.201. The SMILES string of the molecule is CC(C)(C)C1CN(CC(=O)O)C1. The molecule has 1 rings (SSSR count). The first-order chi connectivity index (χ1) is 5.39. The molecule has 0 aromatic heterocycles. The molecule has 0 bridgehead atoms. The molecule has 0 aromatic carbocycles. The molecule has 0 amide bonds. The van der Waals surface area contributed by atoms with Crippen LogP contribution in [-0.2, 0) is 4.79 Å². The summed E-state index contributed by atoms with van der Waals surface area (Å²) in [4.78, 5) is 12.3. The minimum Gasteiger partial charge on any atom is -0.480 e. The highest BCUT2D eigenvalue weighted by Crippen LogP contribution is 2.33. The number of carboxylic acid groups (broad SMARTS) is 1. The first kappa shape index (κ1) is 9.52. The van der Waals surface area contributed by atoms with Crippen molar-refractivity contribution in [3.05, 3.63) is 0 Å². The molecular weight excluding hydrogens is 154 g/mol. The third kappa shape index (κ3) is 2.21. The lowest BCUT2D eigenvalue weighted by atomic mass is 9.76. The molecule has 1 N–H and O–H groups in total. The van der Waals surface area contributed by atoms with Crippen LogP contribution in [0.1, 0.15) is 20.8 Å². The highest BCUT2D eigenvalue weighted by Gasteiger charge is 2.36. The molecule has 0 radical (unpaired) electrons. The normalized spacial score (nSPS) is 20.6. The minimum atomic E-state index is -0.720. The molecule has 1 saturated heterocycles. The van der Waals surface area contributed by atoms with Crippen LogP contribution >= 0.6 is 0 Å². The van der Waals surface area contributed by atoms with Crippen LogP contribution in [-0.4, -0.2) is 35.6 Å². The number of carboxylic acids is 1. The molecule has 0 spiro atoms. The Kier molecular flexibility index (Phi) is 2.42. The van der Waals surface area contributed by atoms with Crippen molar-refractivity contribution in [1.82, 2.24) is 4.90 Å². The summed E-state index contributed by atoms with van der Waals surface area (Å²) in [6.45, 7) is 8.69. The fourth-order valence-electron chi connectivity index (χ4n) is 1.44. The van der Waals surface area contributed by atoms with Gasteiger partial charge in [-0.1, -0.05) is 20.8 Å². The van der Waals surface area contributed by atoms with Crippen LogP contribution in [0.3, 0.4) is 0 Å². The maximum absolute atomic E-state index is 10.3. The first-order valence-electron chi connectivity index (χ1n) is 4.34. The molecule has 1 aliphatic heterocycles. The number of hydrogen-bond acceptors (Lipinski definition) is 2. The van der Waals surface area contributed by atoms with Crippen molar-refractivity contribution in [3.63, 3.8) is 0 Å². The van der Waals surface area contributed by atoms with Crippen LogP contribution in [0.15, 0.2) is 0 Å². The van der Waals surface area contributed by atoms with Crippen LogP contribution in [0.2, 0.25) is 0 Å². The quantitative estimate of drug-likeness (QED) is 0.675. The topological polar surface area (TPSA) is 40.5 Å². The van der Waals surface area contributed by atoms with Crippen molar-refractivity contribution < 1.29 is 9.90 Å². The predicted octanol–water partition coefficient (Wildman–Crippen LogP) is 1.05. The summed E-state index contributed by atoms with van der Waals surface area (Å²) in [6, 6.07) is 0. The summed E-state index contributed by atoms with van der Waals surface area (Å²) < 4.78 is 0. The number of rotatable bonds is 2. The summed E-state index contributed by atoms with van der Waals surface area (Å²) in [5.74, 6) is -0.0563. The highest BCUT2D eigenvalue weighted by atomic mass is 16.4. The van der Waals surface area contributed by atoms with E-state index in [9.17, 15) is 4.79 Å². The standard InChI is InChI=1S/C9H17NO2/c1-9(2,3)7-4-10(5-7)6-8(11)12/h7H,4-6H2,1-3H3,(H,11,12). The second-order valence-electron chi connectivity index (χ2n) is 4.65. The molecule has 1 heterocycles. The highest BCUT2D eigenvalue weighted by molar-refractivity contribution is 5.69. The lowest BCUT2D eigenvalue weighted by molar-refractivity contribution is -0.140. The van der Waals surface area contributed by atoms with Gasteiger partial charge < -0.3 is 5.11 Å². The summed E-state index contributed by atoms with van der Waals surface area (Å²) >= 11 is 0. The molecule has 3 nitrogen and oxygen atoms in total. The molecule has 1 aliphatic rings. The van der Waals surface area contributed by atoms with Gasteiger partial charge >= 0.3 is 5.97 Å². The van der Waals surface area contributed by atoms with Gasteiger partial charge in [0.05, 0.1) is 6.54 Å². The molecule has 0 atom stereocenters.